The van der Waals surface area contributed by atoms with E-state index in [0.29, 0.717) is 41.2 Å². The van der Waals surface area contributed by atoms with Gasteiger partial charge in [0, 0.05) is 12.1 Å². The Labute approximate surface area is 188 Å². The van der Waals surface area contributed by atoms with Crippen molar-refractivity contribution in [2.24, 2.45) is 11.3 Å². The van der Waals surface area contributed by atoms with Crippen molar-refractivity contribution >= 4 is 16.9 Å². The van der Waals surface area contributed by atoms with Crippen LogP contribution in [0.1, 0.15) is 25.8 Å². The summed E-state index contributed by atoms with van der Waals surface area (Å²) >= 11 is 0. The molecule has 1 aliphatic carbocycles. The zero-order valence-corrected chi connectivity index (χ0v) is 18.3. The topological polar surface area (TPSA) is 87.5 Å². The summed E-state index contributed by atoms with van der Waals surface area (Å²) in [6.07, 6.45) is 3.49. The second-order valence-corrected chi connectivity index (χ2v) is 8.38. The van der Waals surface area contributed by atoms with Crippen molar-refractivity contribution in [2.75, 3.05) is 27.4 Å². The molecule has 1 amide bonds. The number of rotatable bonds is 8. The average molecular weight is 458 g/mol. The van der Waals surface area contributed by atoms with Crippen LogP contribution >= 0.6 is 0 Å². The van der Waals surface area contributed by atoms with Crippen LogP contribution in [0, 0.1) is 11.3 Å². The van der Waals surface area contributed by atoms with Crippen LogP contribution in [0.5, 0.6) is 17.4 Å². The van der Waals surface area contributed by atoms with Crippen LogP contribution in [0.2, 0.25) is 0 Å². The minimum absolute atomic E-state index is 0.0808. The molecule has 1 spiro atoms. The fraction of sp³-hybridized carbons (Fsp3) is 0.435. The molecule has 5 rings (SSSR count). The fourth-order valence-corrected chi connectivity index (χ4v) is 4.64. The van der Waals surface area contributed by atoms with Crippen LogP contribution in [0.15, 0.2) is 30.6 Å². The number of carbonyl (C=O) groups is 1. The lowest BCUT2D eigenvalue weighted by Gasteiger charge is -2.16. The highest BCUT2D eigenvalue weighted by Crippen LogP contribution is 2.55. The Hall–Kier alpha value is -3.43. The summed E-state index contributed by atoms with van der Waals surface area (Å²) in [5, 5.41) is 2.93. The molecule has 8 nitrogen and oxygen atoms in total. The molecule has 33 heavy (non-hydrogen) atoms. The van der Waals surface area contributed by atoms with E-state index in [9.17, 15) is 13.6 Å². The number of hydrogen-bond donors (Lipinski definition) is 1. The fourth-order valence-electron chi connectivity index (χ4n) is 4.64. The maximum atomic E-state index is 13.6. The molecule has 2 fully saturated rings. The van der Waals surface area contributed by atoms with Crippen molar-refractivity contribution < 1.29 is 27.8 Å². The number of carbonyl (C=O) groups excluding carboxylic acids is 1. The van der Waals surface area contributed by atoms with Crippen LogP contribution in [0.4, 0.5) is 8.78 Å². The quantitative estimate of drug-likeness (QED) is 0.553. The van der Waals surface area contributed by atoms with Crippen LogP contribution in [-0.4, -0.2) is 47.8 Å². The van der Waals surface area contributed by atoms with Gasteiger partial charge in [-0.25, -0.2) is 9.97 Å². The smallest absolute Gasteiger partial charge is 0.320 e. The number of methoxy groups -OCH3 is 2. The number of hydrogen-bond acceptors (Lipinski definition) is 6. The van der Waals surface area contributed by atoms with Gasteiger partial charge in [0.25, 0.3) is 0 Å². The Morgan fingerprint density at radius 2 is 2.00 bits per heavy atom. The van der Waals surface area contributed by atoms with Crippen LogP contribution in [0.3, 0.4) is 0 Å². The molecular formula is C23H24F2N4O4. The molecule has 1 atom stereocenters. The van der Waals surface area contributed by atoms with Crippen molar-refractivity contribution in [3.8, 4) is 28.6 Å². The van der Waals surface area contributed by atoms with Gasteiger partial charge in [0.15, 0.2) is 11.5 Å². The molecule has 1 aliphatic heterocycles. The number of nitrogens with one attached hydrogen (secondary N) is 1. The first-order chi connectivity index (χ1) is 16.0. The van der Waals surface area contributed by atoms with Gasteiger partial charge in [-0.05, 0) is 49.4 Å². The SMILES string of the molecule is COc1ccc(-c2cc3ncn(C(F)F)c3c(OCC[C@H]3CNC(=O)C34CC4)n2)cc1OC. The van der Waals surface area contributed by atoms with Gasteiger partial charge >= 0.3 is 6.55 Å². The van der Waals surface area contributed by atoms with E-state index in [1.165, 1.54) is 7.11 Å². The second-order valence-electron chi connectivity index (χ2n) is 8.38. The summed E-state index contributed by atoms with van der Waals surface area (Å²) < 4.78 is 44.6. The number of nitrogens with zero attached hydrogens (tertiary/aromatic N) is 3. The molecule has 10 heteroatoms. The zero-order chi connectivity index (χ0) is 23.2. The lowest BCUT2D eigenvalue weighted by atomic mass is 9.90. The van der Waals surface area contributed by atoms with Gasteiger partial charge in [0.1, 0.15) is 11.8 Å². The molecule has 174 valence electrons. The van der Waals surface area contributed by atoms with E-state index in [1.54, 1.807) is 31.4 Å². The summed E-state index contributed by atoms with van der Waals surface area (Å²) in [6.45, 7) is -1.91. The standard InChI is InChI=1S/C23H24F2N4O4/c1-31-17-4-3-13(9-18(17)32-2)15-10-16-19(29(12-27-16)22(24)25)20(28-15)33-8-5-14-11-26-21(30)23(14)6-7-23/h3-4,9-10,12,14,22H,5-8,11H2,1-2H3,(H,26,30)/t14-/m0/s1. The Morgan fingerprint density at radius 1 is 1.21 bits per heavy atom. The normalized spacial score (nSPS) is 18.7. The molecule has 1 saturated carbocycles. The molecule has 0 radical (unpaired) electrons. The van der Waals surface area contributed by atoms with E-state index < -0.39 is 6.55 Å². The number of aromatic nitrogens is 3. The third-order valence-electron chi connectivity index (χ3n) is 6.65. The summed E-state index contributed by atoms with van der Waals surface area (Å²) in [4.78, 5) is 20.8. The molecule has 0 bridgehead atoms. The van der Waals surface area contributed by atoms with Crippen molar-refractivity contribution in [2.45, 2.75) is 25.8 Å². The van der Waals surface area contributed by atoms with E-state index in [1.807, 2.05) is 0 Å². The van der Waals surface area contributed by atoms with E-state index in [-0.39, 0.29) is 35.2 Å². The zero-order valence-electron chi connectivity index (χ0n) is 18.3. The molecular weight excluding hydrogens is 434 g/mol. The third kappa shape index (κ3) is 3.63. The van der Waals surface area contributed by atoms with Crippen LogP contribution < -0.4 is 19.5 Å². The first kappa shape index (κ1) is 21.4. The summed E-state index contributed by atoms with van der Waals surface area (Å²) in [7, 11) is 3.08. The number of halogens is 2. The number of pyridine rings is 1. The molecule has 1 aromatic carbocycles. The van der Waals surface area contributed by atoms with Gasteiger partial charge in [-0.2, -0.15) is 8.78 Å². The highest BCUT2D eigenvalue weighted by molar-refractivity contribution is 5.88. The molecule has 1 saturated heterocycles. The molecule has 0 unspecified atom stereocenters. The predicted octanol–water partition coefficient (Wildman–Crippen LogP) is 3.81. The molecule has 3 aromatic rings. The molecule has 3 heterocycles. The van der Waals surface area contributed by atoms with Crippen molar-refractivity contribution in [1.82, 2.24) is 19.9 Å². The average Bonchev–Trinajstić information content (AvgIpc) is 3.42. The molecule has 1 N–H and O–H groups in total. The van der Waals surface area contributed by atoms with E-state index in [0.717, 1.165) is 23.7 Å². The Morgan fingerprint density at radius 3 is 2.70 bits per heavy atom. The number of fused-ring (bicyclic) bond motifs is 1. The third-order valence-corrected chi connectivity index (χ3v) is 6.65. The maximum Gasteiger partial charge on any atom is 0.320 e. The number of amides is 1. The van der Waals surface area contributed by atoms with Gasteiger partial charge in [-0.3, -0.25) is 9.36 Å². The Balaban J connectivity index is 1.47. The monoisotopic (exact) mass is 458 g/mol. The van der Waals surface area contributed by atoms with Crippen molar-refractivity contribution in [1.29, 1.82) is 0 Å². The van der Waals surface area contributed by atoms with Crippen LogP contribution in [-0.2, 0) is 4.79 Å². The Kier molecular flexibility index (Phi) is 5.30. The largest absolute Gasteiger partial charge is 0.493 e. The lowest BCUT2D eigenvalue weighted by molar-refractivity contribution is -0.124. The van der Waals surface area contributed by atoms with Gasteiger partial charge in [-0.15, -0.1) is 0 Å². The van der Waals surface area contributed by atoms with Gasteiger partial charge in [0.05, 0.1) is 37.5 Å². The predicted molar refractivity (Wildman–Crippen MR) is 116 cm³/mol. The Bertz CT molecular complexity index is 1210. The summed E-state index contributed by atoms with van der Waals surface area (Å²) in [5.74, 6) is 1.45. The lowest BCUT2D eigenvalue weighted by Crippen LogP contribution is -2.21. The first-order valence-electron chi connectivity index (χ1n) is 10.8. The highest BCUT2D eigenvalue weighted by atomic mass is 19.3. The van der Waals surface area contributed by atoms with Gasteiger partial charge in [0.2, 0.25) is 11.8 Å². The summed E-state index contributed by atoms with van der Waals surface area (Å²) in [5.41, 5.74) is 1.43. The maximum absolute atomic E-state index is 13.6. The van der Waals surface area contributed by atoms with Gasteiger partial charge in [-0.1, -0.05) is 0 Å². The van der Waals surface area contributed by atoms with E-state index in [2.05, 4.69) is 15.3 Å². The molecule has 2 aliphatic rings. The van der Waals surface area contributed by atoms with Gasteiger partial charge < -0.3 is 19.5 Å². The minimum Gasteiger partial charge on any atom is -0.493 e. The van der Waals surface area contributed by atoms with Crippen molar-refractivity contribution in [3.05, 3.63) is 30.6 Å². The molecule has 2 aromatic heterocycles. The second kappa shape index (κ2) is 8.17. The van der Waals surface area contributed by atoms with E-state index >= 15 is 0 Å². The highest BCUT2D eigenvalue weighted by Gasteiger charge is 2.58. The number of ether oxygens (including phenoxy) is 3. The summed E-state index contributed by atoms with van der Waals surface area (Å²) in [6, 6.07) is 6.95. The minimum atomic E-state index is -2.78. The number of benzene rings is 1. The van der Waals surface area contributed by atoms with E-state index in [4.69, 9.17) is 14.2 Å². The van der Waals surface area contributed by atoms with Crippen LogP contribution in [0.25, 0.3) is 22.3 Å². The number of alkyl halides is 2. The van der Waals surface area contributed by atoms with Crippen molar-refractivity contribution in [3.63, 3.8) is 0 Å². The number of imidazole rings is 1. The first-order valence-corrected chi connectivity index (χ1v) is 10.8.